The van der Waals surface area contributed by atoms with Gasteiger partial charge in [-0.05, 0) is 37.8 Å². The van der Waals surface area contributed by atoms with Gasteiger partial charge in [-0.2, -0.15) is 0 Å². The number of thioether (sulfide) groups is 1. The zero-order valence-corrected chi connectivity index (χ0v) is 14.7. The van der Waals surface area contributed by atoms with Crippen LogP contribution >= 0.6 is 11.8 Å². The quantitative estimate of drug-likeness (QED) is 0.816. The summed E-state index contributed by atoms with van der Waals surface area (Å²) in [7, 11) is 0. The Morgan fingerprint density at radius 1 is 1.17 bits per heavy atom. The largest absolute Gasteiger partial charge is 0.376 e. The Bertz CT molecular complexity index is 648. The number of nitrogens with one attached hydrogen (secondary N) is 1. The van der Waals surface area contributed by atoms with E-state index in [1.54, 1.807) is 11.8 Å². The van der Waals surface area contributed by atoms with Gasteiger partial charge < -0.3 is 14.6 Å². The molecule has 0 aliphatic carbocycles. The minimum absolute atomic E-state index is 0.303. The molecule has 0 spiro atoms. The zero-order valence-electron chi connectivity index (χ0n) is 13.9. The van der Waals surface area contributed by atoms with Crippen molar-refractivity contribution in [2.45, 2.75) is 55.3 Å². The van der Waals surface area contributed by atoms with Gasteiger partial charge in [0.2, 0.25) is 0 Å². The minimum Gasteiger partial charge on any atom is -0.376 e. The van der Waals surface area contributed by atoms with Gasteiger partial charge in [-0.25, -0.2) is 0 Å². The smallest absolute Gasteiger partial charge is 0.191 e. The van der Waals surface area contributed by atoms with Crippen LogP contribution in [0, 0.1) is 0 Å². The predicted molar refractivity (Wildman–Crippen MR) is 95.0 cm³/mol. The molecule has 0 amide bonds. The average Bonchev–Trinajstić information content (AvgIpc) is 3.37. The van der Waals surface area contributed by atoms with Gasteiger partial charge in [-0.15, -0.1) is 10.2 Å². The Kier molecular flexibility index (Phi) is 5.16. The molecule has 5 nitrogen and oxygen atoms in total. The van der Waals surface area contributed by atoms with Gasteiger partial charge in [0, 0.05) is 12.4 Å². The van der Waals surface area contributed by atoms with Gasteiger partial charge in [0.1, 0.15) is 0 Å². The molecule has 128 valence electrons. The van der Waals surface area contributed by atoms with E-state index in [1.165, 1.54) is 12.0 Å². The van der Waals surface area contributed by atoms with Gasteiger partial charge in [0.05, 0.1) is 18.7 Å². The third-order valence-electron chi connectivity index (χ3n) is 4.74. The number of hydrogen-bond donors (Lipinski definition) is 1. The average molecular weight is 344 g/mol. The van der Waals surface area contributed by atoms with E-state index in [0.29, 0.717) is 12.1 Å². The first kappa shape index (κ1) is 16.1. The normalized spacial score (nSPS) is 23.8. The molecule has 6 heteroatoms. The Balaban J connectivity index is 1.53. The van der Waals surface area contributed by atoms with E-state index >= 15 is 0 Å². The Morgan fingerprint density at radius 3 is 2.83 bits per heavy atom. The van der Waals surface area contributed by atoms with E-state index in [0.717, 1.165) is 55.7 Å². The van der Waals surface area contributed by atoms with Crippen molar-refractivity contribution in [1.82, 2.24) is 20.1 Å². The third-order valence-corrected chi connectivity index (χ3v) is 5.78. The van der Waals surface area contributed by atoms with E-state index in [9.17, 15) is 0 Å². The highest BCUT2D eigenvalue weighted by Crippen LogP contribution is 2.29. The molecule has 3 heterocycles. The number of nitrogens with zero attached hydrogens (tertiary/aromatic N) is 3. The molecule has 2 aliphatic rings. The maximum absolute atomic E-state index is 5.86. The van der Waals surface area contributed by atoms with Crippen LogP contribution < -0.4 is 5.32 Å². The van der Waals surface area contributed by atoms with Crippen LogP contribution in [-0.2, 0) is 17.0 Å². The second-order valence-electron chi connectivity index (χ2n) is 6.51. The molecule has 2 unspecified atom stereocenters. The molecule has 2 saturated heterocycles. The molecule has 2 fully saturated rings. The van der Waals surface area contributed by atoms with Crippen LogP contribution in [0.5, 0.6) is 0 Å². The van der Waals surface area contributed by atoms with Crippen molar-refractivity contribution in [3.8, 4) is 0 Å². The second kappa shape index (κ2) is 7.68. The first-order valence-corrected chi connectivity index (χ1v) is 9.83. The van der Waals surface area contributed by atoms with Crippen LogP contribution in [0.2, 0.25) is 0 Å². The van der Waals surface area contributed by atoms with E-state index < -0.39 is 0 Å². The van der Waals surface area contributed by atoms with Crippen LogP contribution in [0.1, 0.15) is 43.1 Å². The van der Waals surface area contributed by atoms with Crippen molar-refractivity contribution in [2.24, 2.45) is 0 Å². The number of aromatic nitrogens is 3. The molecule has 0 bridgehead atoms. The summed E-state index contributed by atoms with van der Waals surface area (Å²) in [5.74, 6) is 2.00. The molecule has 4 rings (SSSR count). The third kappa shape index (κ3) is 3.66. The maximum atomic E-state index is 5.86. The van der Waals surface area contributed by atoms with Gasteiger partial charge >= 0.3 is 0 Å². The lowest BCUT2D eigenvalue weighted by atomic mass is 10.2. The Hall–Kier alpha value is -1.37. The summed E-state index contributed by atoms with van der Waals surface area (Å²) in [6.45, 7) is 2.83. The van der Waals surface area contributed by atoms with E-state index in [-0.39, 0.29) is 0 Å². The van der Waals surface area contributed by atoms with Crippen LogP contribution in [0.4, 0.5) is 0 Å². The number of benzene rings is 1. The lowest BCUT2D eigenvalue weighted by Gasteiger charge is -2.17. The summed E-state index contributed by atoms with van der Waals surface area (Å²) in [5.41, 5.74) is 1.31. The summed E-state index contributed by atoms with van der Waals surface area (Å²) in [5, 5.41) is 13.6. The summed E-state index contributed by atoms with van der Waals surface area (Å²) >= 11 is 1.77. The van der Waals surface area contributed by atoms with Gasteiger partial charge in [-0.3, -0.25) is 0 Å². The molecule has 24 heavy (non-hydrogen) atoms. The van der Waals surface area contributed by atoms with Gasteiger partial charge in [0.15, 0.2) is 11.0 Å². The number of hydrogen-bond acceptors (Lipinski definition) is 5. The first-order chi connectivity index (χ1) is 11.9. The predicted octanol–water partition coefficient (Wildman–Crippen LogP) is 3.17. The topological polar surface area (TPSA) is 52.0 Å². The molecule has 0 saturated carbocycles. The van der Waals surface area contributed by atoms with Crippen LogP contribution in [-0.4, -0.2) is 34.0 Å². The van der Waals surface area contributed by atoms with Crippen molar-refractivity contribution in [3.63, 3.8) is 0 Å². The highest BCUT2D eigenvalue weighted by atomic mass is 32.2. The molecule has 2 atom stereocenters. The standard InChI is InChI=1S/C18H24N4OS/c1-2-6-14(7-3-1)13-24-18-21-20-17(16-9-4-10-19-16)22(18)12-15-8-5-11-23-15/h1-3,6-7,15-16,19H,4-5,8-13H2. The molecule has 2 aliphatic heterocycles. The van der Waals surface area contributed by atoms with Gasteiger partial charge in [-0.1, -0.05) is 42.1 Å². The first-order valence-electron chi connectivity index (χ1n) is 8.85. The monoisotopic (exact) mass is 344 g/mol. The molecule has 0 radical (unpaired) electrons. The van der Waals surface area contributed by atoms with Crippen molar-refractivity contribution in [2.75, 3.05) is 13.2 Å². The fourth-order valence-electron chi connectivity index (χ4n) is 3.46. The molecule has 1 N–H and O–H groups in total. The SMILES string of the molecule is c1ccc(CSc2nnc(C3CCCN3)n2CC2CCCO2)cc1. The van der Waals surface area contributed by atoms with Crippen LogP contribution in [0.25, 0.3) is 0 Å². The highest BCUT2D eigenvalue weighted by Gasteiger charge is 2.26. The molecule has 1 aromatic carbocycles. The van der Waals surface area contributed by atoms with Gasteiger partial charge in [0.25, 0.3) is 0 Å². The van der Waals surface area contributed by atoms with Crippen molar-refractivity contribution >= 4 is 11.8 Å². The molecular weight excluding hydrogens is 320 g/mol. The maximum Gasteiger partial charge on any atom is 0.191 e. The van der Waals surface area contributed by atoms with E-state index in [4.69, 9.17) is 4.74 Å². The number of ether oxygens (including phenoxy) is 1. The van der Waals surface area contributed by atoms with E-state index in [2.05, 4.69) is 50.4 Å². The van der Waals surface area contributed by atoms with Crippen LogP contribution in [0.3, 0.4) is 0 Å². The summed E-state index contributed by atoms with van der Waals surface area (Å²) in [6, 6.07) is 10.9. The summed E-state index contributed by atoms with van der Waals surface area (Å²) in [6.07, 6.45) is 4.96. The fraction of sp³-hybridized carbons (Fsp3) is 0.556. The van der Waals surface area contributed by atoms with Crippen molar-refractivity contribution in [3.05, 3.63) is 41.7 Å². The lowest BCUT2D eigenvalue weighted by molar-refractivity contribution is 0.0937. The van der Waals surface area contributed by atoms with Crippen LogP contribution in [0.15, 0.2) is 35.5 Å². The van der Waals surface area contributed by atoms with Crippen molar-refractivity contribution < 1.29 is 4.74 Å². The fourth-order valence-corrected chi connectivity index (χ4v) is 4.37. The Morgan fingerprint density at radius 2 is 2.08 bits per heavy atom. The number of rotatable bonds is 6. The zero-order chi connectivity index (χ0) is 16.2. The minimum atomic E-state index is 0.303. The lowest BCUT2D eigenvalue weighted by Crippen LogP contribution is -2.23. The highest BCUT2D eigenvalue weighted by molar-refractivity contribution is 7.98. The Labute approximate surface area is 147 Å². The van der Waals surface area contributed by atoms with E-state index in [1.807, 2.05) is 0 Å². The summed E-state index contributed by atoms with van der Waals surface area (Å²) in [4.78, 5) is 0. The second-order valence-corrected chi connectivity index (χ2v) is 7.45. The molecule has 2 aromatic rings. The molecular formula is C18H24N4OS. The van der Waals surface area contributed by atoms with Crippen molar-refractivity contribution in [1.29, 1.82) is 0 Å². The molecule has 1 aromatic heterocycles. The summed E-state index contributed by atoms with van der Waals surface area (Å²) < 4.78 is 8.15.